The number of pyridine rings is 4. The molecule has 20 rings (SSSR count). The molecule has 0 saturated heterocycles. The molecular weight excluding hydrogens is 1950 g/mol. The first kappa shape index (κ1) is 102. The van der Waals surface area contributed by atoms with Crippen molar-refractivity contribution in [2.75, 3.05) is 36.0 Å². The lowest BCUT2D eigenvalue weighted by Crippen LogP contribution is -2.34. The van der Waals surface area contributed by atoms with Gasteiger partial charge < -0.3 is 26.3 Å². The van der Waals surface area contributed by atoms with Gasteiger partial charge in [0.05, 0.1) is 95.0 Å². The standard InChI is InChI=1S/C29H22F4N4O2.2C27H20F3N5O2.C26H18F3N5O2/c1-16-7-9-18(15-22(16)30)36-26(38)20-14-17(8-10-21(20)29(31,32)33)19-11-13-35-25-24(19)28(2,3)27(39)37(25)23-6-4-5-12-34-23;1-26(2)22-18(7-3-8-21(22)35(24(26)37)25-32-12-5-13-33-25)16-9-10-20(27(28,29)30)19(14-16)23(36)34-17-6-4-11-31-15-17;1-26(2)22-17(7-5-8-20(22)35(24(26)37)25-32-13-6-14-33-25)16-10-11-19(27(28,29)30)18(15-16)23(36)34-21-9-3-4-12-31-21;1-15-6-9-17(10-7-15)32-23(35)19-14-16(8-11-20(19)26(27,28)29)18-4-2-5-21-22(18)33-25(36)34(21)24-30-12-3-13-31-24/h4-15H,1-3H3,(H,36,38);3-15H,1-2H3,(H,34,36);3-15H,1-2H3,(H,31,34,36);2-14H,1H3,(H,32,35)(H,33,36). The average molecular weight is 2030 g/mol. The van der Waals surface area contributed by atoms with E-state index in [1.807, 2.05) is 6.92 Å². The summed E-state index contributed by atoms with van der Waals surface area (Å²) in [6, 6.07) is 58.5. The maximum Gasteiger partial charge on any atom is 0.417 e. The van der Waals surface area contributed by atoms with Crippen LogP contribution in [-0.4, -0.2) is 101 Å². The number of nitrogens with one attached hydrogen (secondary N) is 5. The van der Waals surface area contributed by atoms with Crippen molar-refractivity contribution in [1.29, 1.82) is 0 Å². The van der Waals surface area contributed by atoms with Crippen molar-refractivity contribution < 1.29 is 90.6 Å². The van der Waals surface area contributed by atoms with Crippen LogP contribution in [0.3, 0.4) is 0 Å². The number of nitrogens with zero attached hydrogens (tertiary/aromatic N) is 14. The molecule has 0 spiro atoms. The fourth-order valence-corrected chi connectivity index (χ4v) is 17.6. The van der Waals surface area contributed by atoms with Crippen molar-refractivity contribution in [2.45, 2.75) is 96.3 Å². The van der Waals surface area contributed by atoms with Gasteiger partial charge in [-0.1, -0.05) is 96.6 Å². The van der Waals surface area contributed by atoms with Crippen molar-refractivity contribution in [2.24, 2.45) is 0 Å². The van der Waals surface area contributed by atoms with E-state index < -0.39 is 121 Å². The lowest BCUT2D eigenvalue weighted by atomic mass is 9.81. The zero-order valence-corrected chi connectivity index (χ0v) is 79.4. The van der Waals surface area contributed by atoms with E-state index in [9.17, 15) is 95.4 Å². The van der Waals surface area contributed by atoms with Gasteiger partial charge in [0.1, 0.15) is 23.3 Å². The van der Waals surface area contributed by atoms with Crippen LogP contribution in [0.5, 0.6) is 0 Å². The molecule has 7 amide bonds. The van der Waals surface area contributed by atoms with Gasteiger partial charge >= 0.3 is 30.4 Å². The van der Waals surface area contributed by atoms with Crippen LogP contribution in [0.15, 0.2) is 316 Å². The molecule has 0 fully saturated rings. The number of imidazole rings is 1. The number of hydrogen-bond donors (Lipinski definition) is 5. The van der Waals surface area contributed by atoms with Crippen LogP contribution < -0.4 is 41.7 Å². The zero-order chi connectivity index (χ0) is 106. The SMILES string of the molecule is CC1(C)C(=O)N(c2ncccn2)c2cccc(-c3ccc(C(F)(F)F)c(C(=O)Nc4ccccn4)c3)c21.CC1(C)C(=O)N(c2ncccn2)c2cccc(-c3ccc(C(F)(F)F)c(C(=O)Nc4cccnc4)c3)c21.Cc1ccc(NC(=O)c2cc(-c3cccc4c3[nH]c(=O)n4-c3ncccn3)ccc2C(F)(F)F)cc1.Cc1ccc(NC(=O)c2cc(-c3ccnc4c3C(C)(C)C(=O)N4c3ccccn3)ccc2C(F)(F)F)cc1F. The Morgan fingerprint density at radius 3 is 1.18 bits per heavy atom. The summed E-state index contributed by atoms with van der Waals surface area (Å²) in [5, 5.41) is 9.79. The van der Waals surface area contributed by atoms with E-state index in [0.717, 1.165) is 42.0 Å². The number of benzene rings is 9. The van der Waals surface area contributed by atoms with E-state index in [1.54, 1.807) is 181 Å². The number of halogens is 13. The van der Waals surface area contributed by atoms with Gasteiger partial charge in [-0.05, 0) is 263 Å². The first-order chi connectivity index (χ1) is 70.8. The first-order valence-corrected chi connectivity index (χ1v) is 45.3. The number of rotatable bonds is 16. The van der Waals surface area contributed by atoms with Gasteiger partial charge in [0.25, 0.3) is 23.6 Å². The number of alkyl halides is 12. The molecule has 0 saturated carbocycles. The Morgan fingerprint density at radius 2 is 0.738 bits per heavy atom. The molecule has 40 heteroatoms. The molecular formula is C109H80F13N19O8. The maximum absolute atomic E-state index is 14.0. The van der Waals surface area contributed by atoms with E-state index in [4.69, 9.17) is 0 Å². The molecule has 8 aromatic heterocycles. The summed E-state index contributed by atoms with van der Waals surface area (Å²) in [5.74, 6) is -3.96. The van der Waals surface area contributed by atoms with Crippen LogP contribution in [0.4, 0.5) is 115 Å². The Hall–Kier alpha value is -18.5. The fourth-order valence-electron chi connectivity index (χ4n) is 17.6. The number of H-pyrrole nitrogens is 1. The Balaban J connectivity index is 0.000000135. The monoisotopic (exact) mass is 2030 g/mol. The smallest absolute Gasteiger partial charge is 0.322 e. The highest BCUT2D eigenvalue weighted by Crippen LogP contribution is 2.54. The molecule has 27 nitrogen and oxygen atoms in total. The third-order valence-corrected chi connectivity index (χ3v) is 24.7. The molecule has 750 valence electrons. The lowest BCUT2D eigenvalue weighted by Gasteiger charge is -2.20. The molecule has 0 bridgehead atoms. The van der Waals surface area contributed by atoms with Crippen LogP contribution in [0.2, 0.25) is 0 Å². The number of hydrogen-bond acceptors (Lipinski definition) is 18. The number of aryl methyl sites for hydroxylation is 2. The van der Waals surface area contributed by atoms with Crippen LogP contribution >= 0.6 is 0 Å². The van der Waals surface area contributed by atoms with Gasteiger partial charge in [-0.15, -0.1) is 0 Å². The number of para-hydroxylation sites is 1. The molecule has 0 radical (unpaired) electrons. The van der Waals surface area contributed by atoms with Crippen LogP contribution in [0.25, 0.3) is 61.5 Å². The minimum Gasteiger partial charge on any atom is -0.322 e. The summed E-state index contributed by atoms with van der Waals surface area (Å²) < 4.78 is 182. The summed E-state index contributed by atoms with van der Waals surface area (Å²) in [6.07, 6.45) is -2.77. The predicted octanol–water partition coefficient (Wildman–Crippen LogP) is 23.7. The second kappa shape index (κ2) is 40.2. The molecule has 11 heterocycles. The molecule has 3 aliphatic heterocycles. The van der Waals surface area contributed by atoms with Crippen molar-refractivity contribution in [3.8, 4) is 50.5 Å². The number of carbonyl (C=O) groups is 7. The molecule has 3 aliphatic rings. The molecule has 0 atom stereocenters. The Morgan fingerprint density at radius 1 is 0.336 bits per heavy atom. The van der Waals surface area contributed by atoms with E-state index in [1.165, 1.54) is 161 Å². The molecule has 0 aliphatic carbocycles. The summed E-state index contributed by atoms with van der Waals surface area (Å²) in [5.41, 5.74) is -1.57. The molecule has 5 N–H and O–H groups in total. The zero-order valence-electron chi connectivity index (χ0n) is 79.4. The highest BCUT2D eigenvalue weighted by atomic mass is 19.4. The Kier molecular flexibility index (Phi) is 27.5. The summed E-state index contributed by atoms with van der Waals surface area (Å²) in [4.78, 5) is 154. The fraction of sp³-hybridized carbons (Fsp3) is 0.138. The quantitative estimate of drug-likeness (QED) is 0.0561. The minimum atomic E-state index is -4.82. The van der Waals surface area contributed by atoms with Crippen LogP contribution in [0.1, 0.15) is 133 Å². The topological polar surface area (TPSA) is 344 Å². The van der Waals surface area contributed by atoms with Crippen molar-refractivity contribution in [3.05, 3.63) is 399 Å². The van der Waals surface area contributed by atoms with Gasteiger partial charge in [-0.25, -0.2) is 73.3 Å². The average Bonchev–Trinajstić information content (AvgIpc) is 1.57. The number of aromatic amines is 1. The number of carbonyl (C=O) groups excluding carboxylic acids is 7. The van der Waals surface area contributed by atoms with Crippen molar-refractivity contribution in [1.82, 2.24) is 59.4 Å². The highest BCUT2D eigenvalue weighted by molar-refractivity contribution is 6.17. The summed E-state index contributed by atoms with van der Waals surface area (Å²) in [6.45, 7) is 13.7. The van der Waals surface area contributed by atoms with Crippen LogP contribution in [0, 0.1) is 19.7 Å². The number of aromatic nitrogens is 12. The largest absolute Gasteiger partial charge is 0.417 e. The molecule has 149 heavy (non-hydrogen) atoms. The van der Waals surface area contributed by atoms with Crippen molar-refractivity contribution in [3.63, 3.8) is 0 Å². The van der Waals surface area contributed by atoms with Crippen molar-refractivity contribution >= 4 is 110 Å². The van der Waals surface area contributed by atoms with E-state index in [2.05, 4.69) is 76.1 Å². The highest BCUT2D eigenvalue weighted by Gasteiger charge is 2.52. The lowest BCUT2D eigenvalue weighted by molar-refractivity contribution is -0.138. The Labute approximate surface area is 838 Å². The van der Waals surface area contributed by atoms with E-state index in [-0.39, 0.29) is 58.3 Å². The van der Waals surface area contributed by atoms with E-state index >= 15 is 0 Å². The first-order valence-electron chi connectivity index (χ1n) is 45.3. The maximum atomic E-state index is 14.0. The summed E-state index contributed by atoms with van der Waals surface area (Å²) in [7, 11) is 0. The Bertz CT molecular complexity index is 7940. The third-order valence-electron chi connectivity index (χ3n) is 24.7. The number of anilines is 10. The molecule has 9 aromatic carbocycles. The van der Waals surface area contributed by atoms with Gasteiger partial charge in [-0.2, -0.15) is 52.7 Å². The van der Waals surface area contributed by atoms with Gasteiger partial charge in [0.2, 0.25) is 35.6 Å². The van der Waals surface area contributed by atoms with Gasteiger partial charge in [0, 0.05) is 84.5 Å². The predicted molar refractivity (Wildman–Crippen MR) is 530 cm³/mol. The summed E-state index contributed by atoms with van der Waals surface area (Å²) >= 11 is 0. The van der Waals surface area contributed by atoms with Gasteiger partial charge in [-0.3, -0.25) is 38.5 Å². The third kappa shape index (κ3) is 20.5. The number of fused-ring (bicyclic) bond motifs is 4. The van der Waals surface area contributed by atoms with Gasteiger partial charge in [0.15, 0.2) is 0 Å². The number of amides is 7. The molecule has 0 unspecified atom stereocenters. The minimum absolute atomic E-state index is 0.0177. The van der Waals surface area contributed by atoms with E-state index in [0.29, 0.717) is 101 Å². The molecule has 17 aromatic rings. The van der Waals surface area contributed by atoms with Crippen LogP contribution in [-0.2, 0) is 55.3 Å². The second-order valence-corrected chi connectivity index (χ2v) is 35.7. The second-order valence-electron chi connectivity index (χ2n) is 35.7. The normalized spacial score (nSPS) is 13.7.